The van der Waals surface area contributed by atoms with E-state index in [0.717, 1.165) is 23.6 Å². The first kappa shape index (κ1) is 16.7. The van der Waals surface area contributed by atoms with Gasteiger partial charge < -0.3 is 11.1 Å². The third-order valence-corrected chi connectivity index (χ3v) is 3.94. The summed E-state index contributed by atoms with van der Waals surface area (Å²) < 4.78 is 0. The van der Waals surface area contributed by atoms with E-state index in [1.54, 1.807) is 0 Å². The smallest absolute Gasteiger partial charge is 0.261 e. The van der Waals surface area contributed by atoms with Crippen molar-refractivity contribution in [2.45, 2.75) is 46.1 Å². The Morgan fingerprint density at radius 3 is 2.75 bits per heavy atom. The van der Waals surface area contributed by atoms with Crippen LogP contribution in [0.3, 0.4) is 0 Å². The summed E-state index contributed by atoms with van der Waals surface area (Å²) in [6.45, 7) is 6.84. The van der Waals surface area contributed by atoms with Crippen LogP contribution in [0.5, 0.6) is 0 Å². The Hall–Kier alpha value is -1.31. The van der Waals surface area contributed by atoms with Gasteiger partial charge >= 0.3 is 0 Å². The minimum Gasteiger partial charge on any atom is -0.349 e. The lowest BCUT2D eigenvalue weighted by molar-refractivity contribution is 0.0942. The molecule has 1 unspecified atom stereocenters. The first-order chi connectivity index (χ1) is 9.52. The van der Waals surface area contributed by atoms with E-state index in [1.807, 2.05) is 12.1 Å². The number of hydrogen-bond acceptors (Lipinski definition) is 3. The average molecular weight is 292 g/mol. The van der Waals surface area contributed by atoms with Crippen LogP contribution < -0.4 is 11.1 Å². The number of rotatable bonds is 6. The molecule has 0 aliphatic rings. The predicted molar refractivity (Wildman–Crippen MR) is 85.9 cm³/mol. The van der Waals surface area contributed by atoms with Crippen LogP contribution in [0.4, 0.5) is 0 Å². The summed E-state index contributed by atoms with van der Waals surface area (Å²) in [4.78, 5) is 13.7. The fraction of sp³-hybridized carbons (Fsp3) is 0.562. The van der Waals surface area contributed by atoms with Gasteiger partial charge in [-0.3, -0.25) is 4.79 Å². The number of thiophene rings is 1. The van der Waals surface area contributed by atoms with E-state index < -0.39 is 0 Å². The quantitative estimate of drug-likeness (QED) is 0.792. The van der Waals surface area contributed by atoms with Crippen molar-refractivity contribution in [3.05, 3.63) is 21.9 Å². The zero-order valence-corrected chi connectivity index (χ0v) is 13.3. The minimum atomic E-state index is -0.00662. The van der Waals surface area contributed by atoms with Crippen LogP contribution in [0.2, 0.25) is 0 Å². The molecule has 0 fully saturated rings. The van der Waals surface area contributed by atoms with Crippen molar-refractivity contribution in [1.82, 2.24) is 5.32 Å². The highest BCUT2D eigenvalue weighted by atomic mass is 32.1. The predicted octanol–water partition coefficient (Wildman–Crippen LogP) is 3.00. The van der Waals surface area contributed by atoms with Crippen molar-refractivity contribution < 1.29 is 4.79 Å². The molecule has 1 aromatic heterocycles. The highest BCUT2D eigenvalue weighted by Gasteiger charge is 2.11. The van der Waals surface area contributed by atoms with Crippen LogP contribution in [-0.4, -0.2) is 18.5 Å². The molecule has 1 aromatic rings. The first-order valence-corrected chi connectivity index (χ1v) is 7.94. The van der Waals surface area contributed by atoms with Gasteiger partial charge in [0.15, 0.2) is 0 Å². The second-order valence-electron chi connectivity index (χ2n) is 5.37. The molecule has 20 heavy (non-hydrogen) atoms. The number of carbonyl (C=O) groups is 1. The van der Waals surface area contributed by atoms with Gasteiger partial charge in [0, 0.05) is 6.04 Å². The minimum absolute atomic E-state index is 0.00662. The topological polar surface area (TPSA) is 55.1 Å². The number of amides is 1. The molecular weight excluding hydrogens is 268 g/mol. The highest BCUT2D eigenvalue weighted by Crippen LogP contribution is 2.16. The molecule has 4 heteroatoms. The molecule has 0 aromatic carbocycles. The molecule has 1 rings (SSSR count). The lowest BCUT2D eigenvalue weighted by atomic mass is 10.0. The molecule has 0 saturated carbocycles. The summed E-state index contributed by atoms with van der Waals surface area (Å²) in [5.41, 5.74) is 5.33. The van der Waals surface area contributed by atoms with Crippen molar-refractivity contribution in [3.8, 4) is 11.8 Å². The average Bonchev–Trinajstić information content (AvgIpc) is 2.84. The zero-order valence-electron chi connectivity index (χ0n) is 12.5. The monoisotopic (exact) mass is 292 g/mol. The van der Waals surface area contributed by atoms with Crippen LogP contribution in [0.1, 0.15) is 54.6 Å². The Morgan fingerprint density at radius 2 is 2.10 bits per heavy atom. The van der Waals surface area contributed by atoms with Crippen molar-refractivity contribution in [2.24, 2.45) is 11.7 Å². The van der Waals surface area contributed by atoms with Crippen LogP contribution in [0, 0.1) is 17.8 Å². The molecule has 0 bridgehead atoms. The summed E-state index contributed by atoms with van der Waals surface area (Å²) in [5.74, 6) is 6.45. The van der Waals surface area contributed by atoms with Crippen molar-refractivity contribution in [2.75, 3.05) is 6.54 Å². The van der Waals surface area contributed by atoms with Crippen LogP contribution in [0.25, 0.3) is 0 Å². The third-order valence-electron chi connectivity index (χ3n) is 2.94. The summed E-state index contributed by atoms with van der Waals surface area (Å²) >= 11 is 1.41. The van der Waals surface area contributed by atoms with Gasteiger partial charge in [0.1, 0.15) is 0 Å². The van der Waals surface area contributed by atoms with E-state index in [4.69, 9.17) is 5.73 Å². The Bertz CT molecular complexity index is 482. The lowest BCUT2D eigenvalue weighted by Gasteiger charge is -2.13. The van der Waals surface area contributed by atoms with E-state index in [-0.39, 0.29) is 11.9 Å². The molecule has 3 nitrogen and oxygen atoms in total. The molecule has 0 aliphatic heterocycles. The summed E-state index contributed by atoms with van der Waals surface area (Å²) in [5, 5.41) is 3.04. The number of nitrogens with two attached hydrogens (primary N) is 1. The summed E-state index contributed by atoms with van der Waals surface area (Å²) in [6, 6.07) is 3.90. The fourth-order valence-electron chi connectivity index (χ4n) is 1.86. The van der Waals surface area contributed by atoms with E-state index in [0.29, 0.717) is 11.4 Å². The molecule has 110 valence electrons. The Labute approximate surface area is 126 Å². The SMILES string of the molecule is CC(C)CCCC(C)NC(=O)c1ccc(C#CCN)s1. The molecule has 0 aliphatic carbocycles. The molecule has 0 radical (unpaired) electrons. The third kappa shape index (κ3) is 6.23. The van der Waals surface area contributed by atoms with E-state index in [9.17, 15) is 4.79 Å². The number of hydrogen-bond donors (Lipinski definition) is 2. The maximum Gasteiger partial charge on any atom is 0.261 e. The van der Waals surface area contributed by atoms with E-state index in [2.05, 4.69) is 37.9 Å². The Morgan fingerprint density at radius 1 is 1.35 bits per heavy atom. The molecule has 0 spiro atoms. The molecule has 1 amide bonds. The zero-order chi connectivity index (χ0) is 15.0. The highest BCUT2D eigenvalue weighted by molar-refractivity contribution is 7.14. The van der Waals surface area contributed by atoms with Gasteiger partial charge in [-0.25, -0.2) is 0 Å². The summed E-state index contributed by atoms with van der Waals surface area (Å²) in [7, 11) is 0. The van der Waals surface area contributed by atoms with Gasteiger partial charge in [-0.1, -0.05) is 38.5 Å². The van der Waals surface area contributed by atoms with Gasteiger partial charge in [0.2, 0.25) is 0 Å². The normalized spacial score (nSPS) is 11.8. The Kier molecular flexibility index (Phi) is 7.35. The number of nitrogens with one attached hydrogen (secondary N) is 1. The second kappa shape index (κ2) is 8.78. The van der Waals surface area contributed by atoms with E-state index in [1.165, 1.54) is 17.8 Å². The van der Waals surface area contributed by atoms with Gasteiger partial charge in [-0.05, 0) is 31.4 Å². The van der Waals surface area contributed by atoms with E-state index >= 15 is 0 Å². The van der Waals surface area contributed by atoms with Gasteiger partial charge in [-0.2, -0.15) is 0 Å². The largest absolute Gasteiger partial charge is 0.349 e. The maximum atomic E-state index is 12.1. The Balaban J connectivity index is 2.43. The lowest BCUT2D eigenvalue weighted by Crippen LogP contribution is -2.31. The maximum absolute atomic E-state index is 12.1. The second-order valence-corrected chi connectivity index (χ2v) is 6.45. The van der Waals surface area contributed by atoms with Crippen molar-refractivity contribution in [1.29, 1.82) is 0 Å². The van der Waals surface area contributed by atoms with Crippen molar-refractivity contribution in [3.63, 3.8) is 0 Å². The summed E-state index contributed by atoms with van der Waals surface area (Å²) in [6.07, 6.45) is 3.38. The standard InChI is InChI=1S/C16H24N2OS/c1-12(2)6-4-7-13(3)18-16(19)15-10-9-14(20-15)8-5-11-17/h9-10,12-13H,4,6-7,11,17H2,1-3H3,(H,18,19). The van der Waals surface area contributed by atoms with Crippen LogP contribution in [-0.2, 0) is 0 Å². The van der Waals surface area contributed by atoms with Gasteiger partial charge in [0.25, 0.3) is 5.91 Å². The van der Waals surface area contributed by atoms with Crippen LogP contribution in [0.15, 0.2) is 12.1 Å². The molecule has 1 heterocycles. The number of carbonyl (C=O) groups excluding carboxylic acids is 1. The van der Waals surface area contributed by atoms with Crippen molar-refractivity contribution >= 4 is 17.2 Å². The van der Waals surface area contributed by atoms with Gasteiger partial charge in [0.05, 0.1) is 16.3 Å². The molecular formula is C16H24N2OS. The van der Waals surface area contributed by atoms with Gasteiger partial charge in [-0.15, -0.1) is 11.3 Å². The molecule has 0 saturated heterocycles. The van der Waals surface area contributed by atoms with Crippen LogP contribution >= 0.6 is 11.3 Å². The molecule has 3 N–H and O–H groups in total. The molecule has 1 atom stereocenters. The first-order valence-electron chi connectivity index (χ1n) is 7.12. The fourth-order valence-corrected chi connectivity index (χ4v) is 2.65.